The van der Waals surface area contributed by atoms with Gasteiger partial charge in [0.05, 0.1) is 12.0 Å². The van der Waals surface area contributed by atoms with Crippen LogP contribution in [0.3, 0.4) is 0 Å². The Balaban J connectivity index is 2.71. The maximum atomic E-state index is 12.8. The number of benzene rings is 1. The fourth-order valence-electron chi connectivity index (χ4n) is 1.37. The third-order valence-electron chi connectivity index (χ3n) is 2.09. The third-order valence-corrected chi connectivity index (χ3v) is 2.98. The monoisotopic (exact) mass is 375 g/mol. The van der Waals surface area contributed by atoms with E-state index in [-0.39, 0.29) is 5.56 Å². The van der Waals surface area contributed by atoms with Crippen LogP contribution in [0.2, 0.25) is 0 Å². The highest BCUT2D eigenvalue weighted by Crippen LogP contribution is 2.21. The summed E-state index contributed by atoms with van der Waals surface area (Å²) in [5.74, 6) is -1.14. The highest BCUT2D eigenvalue weighted by atomic mass is 127. The molecule has 0 radical (unpaired) electrons. The second-order valence-corrected chi connectivity index (χ2v) is 4.98. The van der Waals surface area contributed by atoms with Crippen LogP contribution in [0.15, 0.2) is 18.2 Å². The fraction of sp³-hybridized carbons (Fsp3) is 0.364. The average molecular weight is 375 g/mol. The molecule has 1 rings (SSSR count). The Hall–Kier alpha value is -0.860. The van der Waals surface area contributed by atoms with Crippen molar-refractivity contribution in [3.8, 4) is 0 Å². The Labute approximate surface area is 115 Å². The van der Waals surface area contributed by atoms with Crippen LogP contribution in [0.25, 0.3) is 0 Å². The second kappa shape index (κ2) is 5.85. The van der Waals surface area contributed by atoms with Gasteiger partial charge in [-0.3, -0.25) is 4.79 Å². The summed E-state index contributed by atoms with van der Waals surface area (Å²) in [6, 6.07) is 2.45. The van der Waals surface area contributed by atoms with Gasteiger partial charge in [-0.05, 0) is 47.7 Å². The lowest BCUT2D eigenvalue weighted by Gasteiger charge is -2.16. The van der Waals surface area contributed by atoms with Gasteiger partial charge in [0.2, 0.25) is 0 Å². The lowest BCUT2D eigenvalue weighted by molar-refractivity contribution is -0.138. The van der Waals surface area contributed by atoms with Gasteiger partial charge in [-0.25, -0.2) is 4.39 Å². The van der Waals surface area contributed by atoms with Crippen LogP contribution in [-0.2, 0) is 0 Å². The van der Waals surface area contributed by atoms with Crippen molar-refractivity contribution < 1.29 is 22.4 Å². The van der Waals surface area contributed by atoms with Crippen LogP contribution in [-0.4, -0.2) is 18.1 Å². The number of rotatable bonds is 3. The molecule has 0 aromatic heterocycles. The molecule has 1 unspecified atom stereocenters. The molecule has 100 valence electrons. The SMILES string of the molecule is CC(CC(F)(F)F)NC(=O)c1ccc(F)cc1I. The van der Waals surface area contributed by atoms with E-state index in [0.29, 0.717) is 3.57 Å². The molecule has 1 amide bonds. The largest absolute Gasteiger partial charge is 0.391 e. The molecule has 0 aliphatic rings. The molecule has 0 spiro atoms. The highest BCUT2D eigenvalue weighted by molar-refractivity contribution is 14.1. The number of carbonyl (C=O) groups excluding carboxylic acids is 1. The van der Waals surface area contributed by atoms with Crippen molar-refractivity contribution in [3.05, 3.63) is 33.1 Å². The predicted molar refractivity (Wildman–Crippen MR) is 66.7 cm³/mol. The number of hydrogen-bond acceptors (Lipinski definition) is 1. The molecule has 1 aromatic carbocycles. The molecule has 0 bridgehead atoms. The molecule has 1 atom stereocenters. The topological polar surface area (TPSA) is 29.1 Å². The van der Waals surface area contributed by atoms with Crippen LogP contribution in [0.1, 0.15) is 23.7 Å². The van der Waals surface area contributed by atoms with Gasteiger partial charge in [0, 0.05) is 9.61 Å². The highest BCUT2D eigenvalue weighted by Gasteiger charge is 2.30. The minimum absolute atomic E-state index is 0.158. The molecule has 0 saturated heterocycles. The number of halogens is 5. The first-order valence-electron chi connectivity index (χ1n) is 5.01. The maximum absolute atomic E-state index is 12.8. The Morgan fingerprint density at radius 3 is 2.56 bits per heavy atom. The molecular weight excluding hydrogens is 365 g/mol. The fourth-order valence-corrected chi connectivity index (χ4v) is 2.10. The maximum Gasteiger partial charge on any atom is 0.391 e. The molecule has 0 heterocycles. The van der Waals surface area contributed by atoms with E-state index in [9.17, 15) is 22.4 Å². The van der Waals surface area contributed by atoms with Gasteiger partial charge < -0.3 is 5.32 Å². The summed E-state index contributed by atoms with van der Waals surface area (Å²) < 4.78 is 49.4. The first kappa shape index (κ1) is 15.2. The molecule has 0 aliphatic heterocycles. The van der Waals surface area contributed by atoms with Crippen LogP contribution in [0.5, 0.6) is 0 Å². The Morgan fingerprint density at radius 2 is 2.06 bits per heavy atom. The summed E-state index contributed by atoms with van der Waals surface area (Å²) in [6.45, 7) is 1.27. The number of nitrogens with one attached hydrogen (secondary N) is 1. The molecule has 0 fully saturated rings. The lowest BCUT2D eigenvalue weighted by Crippen LogP contribution is -2.36. The van der Waals surface area contributed by atoms with Crippen molar-refractivity contribution in [1.29, 1.82) is 0 Å². The van der Waals surface area contributed by atoms with Crippen LogP contribution in [0.4, 0.5) is 17.6 Å². The lowest BCUT2D eigenvalue weighted by atomic mass is 10.1. The van der Waals surface area contributed by atoms with E-state index in [4.69, 9.17) is 0 Å². The van der Waals surface area contributed by atoms with Gasteiger partial charge >= 0.3 is 6.18 Å². The summed E-state index contributed by atoms with van der Waals surface area (Å²) in [7, 11) is 0. The summed E-state index contributed by atoms with van der Waals surface area (Å²) in [5, 5.41) is 2.23. The van der Waals surface area contributed by atoms with Crippen LogP contribution >= 0.6 is 22.6 Å². The predicted octanol–water partition coefficient (Wildman–Crippen LogP) is 3.50. The zero-order chi connectivity index (χ0) is 13.9. The van der Waals surface area contributed by atoms with Gasteiger partial charge in [0.1, 0.15) is 5.82 Å². The van der Waals surface area contributed by atoms with Crippen LogP contribution in [0, 0.1) is 9.39 Å². The molecule has 2 nitrogen and oxygen atoms in total. The van der Waals surface area contributed by atoms with E-state index in [0.717, 1.165) is 12.1 Å². The normalized spacial score (nSPS) is 13.2. The van der Waals surface area contributed by atoms with E-state index < -0.39 is 30.4 Å². The molecule has 1 aromatic rings. The third kappa shape index (κ3) is 4.79. The molecule has 1 N–H and O–H groups in total. The van der Waals surface area contributed by atoms with Crippen molar-refractivity contribution in [3.63, 3.8) is 0 Å². The quantitative estimate of drug-likeness (QED) is 0.636. The van der Waals surface area contributed by atoms with Gasteiger partial charge in [0.15, 0.2) is 0 Å². The van der Waals surface area contributed by atoms with E-state index >= 15 is 0 Å². The number of carbonyl (C=O) groups is 1. The Bertz CT molecular complexity index is 447. The standard InChI is InChI=1S/C11H10F4INO/c1-6(5-11(13,14)15)17-10(18)8-3-2-7(12)4-9(8)16/h2-4,6H,5H2,1H3,(H,17,18). The van der Waals surface area contributed by atoms with E-state index in [2.05, 4.69) is 5.32 Å². The van der Waals surface area contributed by atoms with E-state index in [1.807, 2.05) is 0 Å². The zero-order valence-electron chi connectivity index (χ0n) is 9.31. The van der Waals surface area contributed by atoms with Crippen molar-refractivity contribution in [2.24, 2.45) is 0 Å². The van der Waals surface area contributed by atoms with Gasteiger partial charge in [-0.15, -0.1) is 0 Å². The molecular formula is C11H10F4INO. The Morgan fingerprint density at radius 1 is 1.44 bits per heavy atom. The van der Waals surface area contributed by atoms with Gasteiger partial charge in [-0.2, -0.15) is 13.2 Å². The summed E-state index contributed by atoms with van der Waals surface area (Å²) in [4.78, 5) is 11.7. The summed E-state index contributed by atoms with van der Waals surface area (Å²) in [5.41, 5.74) is 0.158. The molecule has 0 saturated carbocycles. The first-order chi connectivity index (χ1) is 8.19. The van der Waals surface area contributed by atoms with Gasteiger partial charge in [0.25, 0.3) is 5.91 Å². The minimum Gasteiger partial charge on any atom is -0.349 e. The summed E-state index contributed by atoms with van der Waals surface area (Å²) >= 11 is 1.75. The first-order valence-corrected chi connectivity index (χ1v) is 6.09. The van der Waals surface area contributed by atoms with Crippen molar-refractivity contribution in [2.75, 3.05) is 0 Å². The summed E-state index contributed by atoms with van der Waals surface area (Å²) in [6.07, 6.45) is -5.43. The van der Waals surface area contributed by atoms with Crippen molar-refractivity contribution in [1.82, 2.24) is 5.32 Å². The van der Waals surface area contributed by atoms with Crippen molar-refractivity contribution >= 4 is 28.5 Å². The molecule has 7 heteroatoms. The second-order valence-electron chi connectivity index (χ2n) is 3.82. The zero-order valence-corrected chi connectivity index (χ0v) is 11.5. The molecule has 18 heavy (non-hydrogen) atoms. The average Bonchev–Trinajstić information content (AvgIpc) is 2.13. The van der Waals surface area contributed by atoms with E-state index in [1.165, 1.54) is 13.0 Å². The Kier molecular flexibility index (Phi) is 4.94. The minimum atomic E-state index is -4.33. The number of amides is 1. The number of alkyl halides is 3. The molecule has 0 aliphatic carbocycles. The van der Waals surface area contributed by atoms with Crippen molar-refractivity contribution in [2.45, 2.75) is 25.6 Å². The van der Waals surface area contributed by atoms with E-state index in [1.54, 1.807) is 22.6 Å². The van der Waals surface area contributed by atoms with Gasteiger partial charge in [-0.1, -0.05) is 0 Å². The number of hydrogen-bond donors (Lipinski definition) is 1. The van der Waals surface area contributed by atoms with Crippen LogP contribution < -0.4 is 5.32 Å². The smallest absolute Gasteiger partial charge is 0.349 e.